The first kappa shape index (κ1) is 10.5. The Labute approximate surface area is 88.4 Å². The summed E-state index contributed by atoms with van der Waals surface area (Å²) in [5, 5.41) is 0. The van der Waals surface area contributed by atoms with Gasteiger partial charge in [-0.1, -0.05) is 33.1 Å². The summed E-state index contributed by atoms with van der Waals surface area (Å²) in [6.07, 6.45) is 8.40. The van der Waals surface area contributed by atoms with Gasteiger partial charge in [-0.2, -0.15) is 0 Å². The van der Waals surface area contributed by atoms with Gasteiger partial charge in [0.1, 0.15) is 0 Å². The Balaban J connectivity index is 1.78. The van der Waals surface area contributed by atoms with Crippen molar-refractivity contribution < 1.29 is 0 Å². The highest BCUT2D eigenvalue weighted by Crippen LogP contribution is 2.47. The fraction of sp³-hybridized carbons (Fsp3) is 1.00. The summed E-state index contributed by atoms with van der Waals surface area (Å²) >= 11 is 0. The topological polar surface area (TPSA) is 26.0 Å². The number of nitrogens with two attached hydrogens (primary N) is 1. The van der Waals surface area contributed by atoms with Crippen LogP contribution in [-0.2, 0) is 0 Å². The number of hydrogen-bond donors (Lipinski definition) is 1. The van der Waals surface area contributed by atoms with Crippen LogP contribution in [0.2, 0.25) is 0 Å². The normalized spacial score (nSPS) is 44.8. The minimum atomic E-state index is 0.535. The van der Waals surface area contributed by atoms with E-state index in [9.17, 15) is 0 Å². The van der Waals surface area contributed by atoms with E-state index in [1.165, 1.54) is 38.5 Å². The van der Waals surface area contributed by atoms with Crippen molar-refractivity contribution in [3.05, 3.63) is 0 Å². The summed E-state index contributed by atoms with van der Waals surface area (Å²) < 4.78 is 0. The van der Waals surface area contributed by atoms with Crippen molar-refractivity contribution in [3.63, 3.8) is 0 Å². The minimum absolute atomic E-state index is 0.535. The zero-order chi connectivity index (χ0) is 10.1. The van der Waals surface area contributed by atoms with Crippen molar-refractivity contribution in [2.24, 2.45) is 29.4 Å². The van der Waals surface area contributed by atoms with Crippen LogP contribution in [0.25, 0.3) is 0 Å². The van der Waals surface area contributed by atoms with E-state index in [2.05, 4.69) is 13.8 Å². The van der Waals surface area contributed by atoms with Crippen LogP contribution >= 0.6 is 0 Å². The average molecular weight is 195 g/mol. The lowest BCUT2D eigenvalue weighted by atomic mass is 9.78. The van der Waals surface area contributed by atoms with E-state index >= 15 is 0 Å². The fourth-order valence-corrected chi connectivity index (χ4v) is 3.23. The fourth-order valence-electron chi connectivity index (χ4n) is 3.23. The van der Waals surface area contributed by atoms with Gasteiger partial charge in [-0.05, 0) is 42.9 Å². The largest absolute Gasteiger partial charge is 0.327 e. The van der Waals surface area contributed by atoms with Gasteiger partial charge in [-0.25, -0.2) is 0 Å². The van der Waals surface area contributed by atoms with E-state index in [0.29, 0.717) is 6.04 Å². The first-order chi connectivity index (χ1) is 6.72. The highest BCUT2D eigenvalue weighted by atomic mass is 14.7. The standard InChI is InChI=1S/C13H25N/c1-3-10-8-12(10)13(14)11-6-4-9(2)5-7-11/h9-13H,3-8,14H2,1-2H3. The maximum Gasteiger partial charge on any atom is 0.00983 e. The van der Waals surface area contributed by atoms with Crippen LogP contribution < -0.4 is 5.73 Å². The molecule has 1 nitrogen and oxygen atoms in total. The zero-order valence-electron chi connectivity index (χ0n) is 9.71. The minimum Gasteiger partial charge on any atom is -0.327 e. The van der Waals surface area contributed by atoms with Gasteiger partial charge in [0.15, 0.2) is 0 Å². The molecular weight excluding hydrogens is 170 g/mol. The molecule has 0 spiro atoms. The van der Waals surface area contributed by atoms with Gasteiger partial charge in [-0.3, -0.25) is 0 Å². The zero-order valence-corrected chi connectivity index (χ0v) is 9.71. The summed E-state index contributed by atoms with van der Waals surface area (Å²) in [4.78, 5) is 0. The maximum atomic E-state index is 6.37. The van der Waals surface area contributed by atoms with Crippen molar-refractivity contribution in [2.75, 3.05) is 0 Å². The number of hydrogen-bond acceptors (Lipinski definition) is 1. The molecule has 0 aromatic heterocycles. The Morgan fingerprint density at radius 2 is 1.86 bits per heavy atom. The van der Waals surface area contributed by atoms with Crippen LogP contribution in [0.5, 0.6) is 0 Å². The van der Waals surface area contributed by atoms with Gasteiger partial charge in [0.25, 0.3) is 0 Å². The predicted molar refractivity (Wildman–Crippen MR) is 61.0 cm³/mol. The van der Waals surface area contributed by atoms with Crippen molar-refractivity contribution >= 4 is 0 Å². The van der Waals surface area contributed by atoms with Gasteiger partial charge in [0.05, 0.1) is 0 Å². The van der Waals surface area contributed by atoms with Gasteiger partial charge in [0.2, 0.25) is 0 Å². The van der Waals surface area contributed by atoms with Crippen LogP contribution in [0.15, 0.2) is 0 Å². The van der Waals surface area contributed by atoms with Gasteiger partial charge < -0.3 is 5.73 Å². The Morgan fingerprint density at radius 3 is 2.36 bits per heavy atom. The van der Waals surface area contributed by atoms with Crippen LogP contribution in [0.3, 0.4) is 0 Å². The van der Waals surface area contributed by atoms with Crippen LogP contribution in [0, 0.1) is 23.7 Å². The van der Waals surface area contributed by atoms with Crippen molar-refractivity contribution in [2.45, 2.75) is 58.4 Å². The van der Waals surface area contributed by atoms with E-state index in [1.54, 1.807) is 0 Å². The summed E-state index contributed by atoms with van der Waals surface area (Å²) in [6, 6.07) is 0.535. The summed E-state index contributed by atoms with van der Waals surface area (Å²) in [6.45, 7) is 4.69. The lowest BCUT2D eigenvalue weighted by molar-refractivity contribution is 0.237. The molecule has 0 amide bonds. The molecule has 0 radical (unpaired) electrons. The molecule has 1 heteroatoms. The molecule has 82 valence electrons. The second-order valence-corrected chi connectivity index (χ2v) is 5.67. The third-order valence-corrected chi connectivity index (χ3v) is 4.60. The third-order valence-electron chi connectivity index (χ3n) is 4.60. The molecule has 2 aliphatic carbocycles. The molecular formula is C13H25N. The highest BCUT2D eigenvalue weighted by molar-refractivity contribution is 4.96. The molecule has 2 saturated carbocycles. The molecule has 2 fully saturated rings. The quantitative estimate of drug-likeness (QED) is 0.735. The molecule has 3 unspecified atom stereocenters. The molecule has 0 aliphatic heterocycles. The van der Waals surface area contributed by atoms with Gasteiger partial charge in [0, 0.05) is 6.04 Å². The van der Waals surface area contributed by atoms with E-state index in [-0.39, 0.29) is 0 Å². The highest BCUT2D eigenvalue weighted by Gasteiger charge is 2.42. The Kier molecular flexibility index (Phi) is 3.16. The van der Waals surface area contributed by atoms with E-state index < -0.39 is 0 Å². The Hall–Kier alpha value is -0.0400. The average Bonchev–Trinajstić information content (AvgIpc) is 2.97. The monoisotopic (exact) mass is 195 g/mol. The van der Waals surface area contributed by atoms with Crippen molar-refractivity contribution in [1.29, 1.82) is 0 Å². The van der Waals surface area contributed by atoms with Gasteiger partial charge in [-0.15, -0.1) is 0 Å². The molecule has 3 atom stereocenters. The first-order valence-electron chi connectivity index (χ1n) is 6.48. The maximum absolute atomic E-state index is 6.37. The van der Waals surface area contributed by atoms with Crippen LogP contribution in [0.1, 0.15) is 52.4 Å². The summed E-state index contributed by atoms with van der Waals surface area (Å²) in [5.74, 6) is 3.68. The van der Waals surface area contributed by atoms with Gasteiger partial charge >= 0.3 is 0 Å². The van der Waals surface area contributed by atoms with Crippen molar-refractivity contribution in [3.8, 4) is 0 Å². The molecule has 2 rings (SSSR count). The molecule has 2 N–H and O–H groups in total. The lowest BCUT2D eigenvalue weighted by Gasteiger charge is -2.31. The molecule has 0 heterocycles. The first-order valence-corrected chi connectivity index (χ1v) is 6.48. The molecule has 0 aromatic rings. The van der Waals surface area contributed by atoms with E-state index in [1.807, 2.05) is 0 Å². The molecule has 14 heavy (non-hydrogen) atoms. The second kappa shape index (κ2) is 4.22. The Morgan fingerprint density at radius 1 is 1.21 bits per heavy atom. The number of rotatable bonds is 3. The summed E-state index contributed by atoms with van der Waals surface area (Å²) in [5.41, 5.74) is 6.37. The SMILES string of the molecule is CCC1CC1C(N)C1CCC(C)CC1. The molecule has 0 bridgehead atoms. The van der Waals surface area contributed by atoms with E-state index in [0.717, 1.165) is 23.7 Å². The van der Waals surface area contributed by atoms with Crippen LogP contribution in [-0.4, -0.2) is 6.04 Å². The smallest absolute Gasteiger partial charge is 0.00983 e. The Bertz CT molecular complexity index is 182. The predicted octanol–water partition coefficient (Wildman–Crippen LogP) is 3.19. The molecule has 0 saturated heterocycles. The third kappa shape index (κ3) is 2.13. The molecule has 2 aliphatic rings. The second-order valence-electron chi connectivity index (χ2n) is 5.67. The summed E-state index contributed by atoms with van der Waals surface area (Å²) in [7, 11) is 0. The lowest BCUT2D eigenvalue weighted by Crippen LogP contribution is -2.35. The van der Waals surface area contributed by atoms with E-state index in [4.69, 9.17) is 5.73 Å². The molecule has 0 aromatic carbocycles. The van der Waals surface area contributed by atoms with Crippen LogP contribution in [0.4, 0.5) is 0 Å². The van der Waals surface area contributed by atoms with Crippen molar-refractivity contribution in [1.82, 2.24) is 0 Å².